The molecule has 0 aliphatic carbocycles. The molecule has 5 nitrogen and oxygen atoms in total. The van der Waals surface area contributed by atoms with Gasteiger partial charge in [-0.05, 0) is 43.2 Å². The molecule has 0 aromatic heterocycles. The Hall–Kier alpha value is -3.02. The van der Waals surface area contributed by atoms with Crippen molar-refractivity contribution < 1.29 is 18.8 Å². The number of hydrogen-bond acceptors (Lipinski definition) is 3. The first-order valence-corrected chi connectivity index (χ1v) is 8.78. The van der Waals surface area contributed by atoms with Crippen LogP contribution in [-0.4, -0.2) is 30.7 Å². The minimum absolute atomic E-state index is 0.0391. The second-order valence-corrected chi connectivity index (χ2v) is 6.31. The number of halogens is 1. The Kier molecular flexibility index (Phi) is 7.23. The summed E-state index contributed by atoms with van der Waals surface area (Å²) in [5.41, 5.74) is 2.71. The van der Waals surface area contributed by atoms with E-state index >= 15 is 0 Å². The highest BCUT2D eigenvalue weighted by molar-refractivity contribution is 5.98. The van der Waals surface area contributed by atoms with Gasteiger partial charge < -0.3 is 10.6 Å². The summed E-state index contributed by atoms with van der Waals surface area (Å²) < 4.78 is 13.5. The zero-order valence-electron chi connectivity index (χ0n) is 15.5. The van der Waals surface area contributed by atoms with Crippen molar-refractivity contribution in [2.75, 3.05) is 13.1 Å². The van der Waals surface area contributed by atoms with Gasteiger partial charge in [-0.15, -0.1) is 0 Å². The molecule has 2 aromatic rings. The van der Waals surface area contributed by atoms with Gasteiger partial charge in [0.25, 0.3) is 5.91 Å². The fraction of sp³-hybridized carbons (Fsp3) is 0.286. The number of aryl methyl sites for hydroxylation is 2. The van der Waals surface area contributed by atoms with E-state index < -0.39 is 11.7 Å². The Bertz CT molecular complexity index is 849. The van der Waals surface area contributed by atoms with Gasteiger partial charge in [0.2, 0.25) is 5.91 Å². The minimum Gasteiger partial charge on any atom is -0.354 e. The number of carbonyl (C=O) groups is 3. The van der Waals surface area contributed by atoms with Gasteiger partial charge in [0, 0.05) is 31.5 Å². The second-order valence-electron chi connectivity index (χ2n) is 6.31. The molecule has 0 aliphatic rings. The van der Waals surface area contributed by atoms with Crippen molar-refractivity contribution in [2.45, 2.75) is 26.7 Å². The van der Waals surface area contributed by atoms with Gasteiger partial charge in [-0.3, -0.25) is 14.4 Å². The molecule has 0 heterocycles. The van der Waals surface area contributed by atoms with E-state index in [4.69, 9.17) is 0 Å². The van der Waals surface area contributed by atoms with Crippen LogP contribution in [0.4, 0.5) is 4.39 Å². The van der Waals surface area contributed by atoms with Gasteiger partial charge in [-0.25, -0.2) is 4.39 Å². The third kappa shape index (κ3) is 6.02. The number of Topliss-reactive ketones (excluding diaryl/α,β-unsaturated/α-hetero) is 1. The van der Waals surface area contributed by atoms with E-state index in [2.05, 4.69) is 10.6 Å². The molecule has 2 amide bonds. The lowest BCUT2D eigenvalue weighted by molar-refractivity contribution is -0.121. The van der Waals surface area contributed by atoms with E-state index in [9.17, 15) is 18.8 Å². The van der Waals surface area contributed by atoms with E-state index in [0.717, 1.165) is 11.1 Å². The van der Waals surface area contributed by atoms with E-state index in [1.165, 1.54) is 18.2 Å². The first-order valence-electron chi connectivity index (χ1n) is 8.78. The Morgan fingerprint density at radius 1 is 0.889 bits per heavy atom. The van der Waals surface area contributed by atoms with Crippen molar-refractivity contribution in [3.05, 3.63) is 70.5 Å². The monoisotopic (exact) mass is 370 g/mol. The minimum atomic E-state index is -0.594. The molecule has 0 unspecified atom stereocenters. The quantitative estimate of drug-likeness (QED) is 0.554. The van der Waals surface area contributed by atoms with Crippen molar-refractivity contribution in [1.29, 1.82) is 0 Å². The van der Waals surface area contributed by atoms with Crippen LogP contribution in [0.3, 0.4) is 0 Å². The molecule has 0 saturated carbocycles. The third-order valence-electron chi connectivity index (χ3n) is 4.26. The lowest BCUT2D eigenvalue weighted by Gasteiger charge is -2.08. The normalized spacial score (nSPS) is 10.3. The van der Waals surface area contributed by atoms with E-state index in [1.54, 1.807) is 12.1 Å². The van der Waals surface area contributed by atoms with Crippen LogP contribution in [0.15, 0.2) is 42.5 Å². The topological polar surface area (TPSA) is 75.3 Å². The lowest BCUT2D eigenvalue weighted by atomic mass is 10.0. The maximum atomic E-state index is 13.5. The molecular weight excluding hydrogens is 347 g/mol. The summed E-state index contributed by atoms with van der Waals surface area (Å²) in [6, 6.07) is 11.2. The highest BCUT2D eigenvalue weighted by Gasteiger charge is 2.11. The summed E-state index contributed by atoms with van der Waals surface area (Å²) in [4.78, 5) is 35.8. The number of ketones is 1. The van der Waals surface area contributed by atoms with E-state index in [0.29, 0.717) is 5.56 Å². The summed E-state index contributed by atoms with van der Waals surface area (Å²) in [5.74, 6) is -1.48. The Morgan fingerprint density at radius 2 is 1.59 bits per heavy atom. The highest BCUT2D eigenvalue weighted by Crippen LogP contribution is 2.12. The van der Waals surface area contributed by atoms with Crippen molar-refractivity contribution >= 4 is 17.6 Å². The van der Waals surface area contributed by atoms with E-state index in [-0.39, 0.29) is 43.2 Å². The molecule has 2 N–H and O–H groups in total. The third-order valence-corrected chi connectivity index (χ3v) is 4.26. The zero-order chi connectivity index (χ0) is 19.8. The maximum absolute atomic E-state index is 13.5. The van der Waals surface area contributed by atoms with Crippen molar-refractivity contribution in [3.63, 3.8) is 0 Å². The summed E-state index contributed by atoms with van der Waals surface area (Å²) >= 11 is 0. The molecule has 27 heavy (non-hydrogen) atoms. The standard InChI is InChI=1S/C21H23FN2O3/c1-14-7-8-16(13-15(14)2)19(25)9-10-20(26)23-11-12-24-21(27)17-5-3-4-6-18(17)22/h3-8,13H,9-12H2,1-2H3,(H,23,26)(H,24,27). The van der Waals surface area contributed by atoms with Crippen molar-refractivity contribution in [2.24, 2.45) is 0 Å². The van der Waals surface area contributed by atoms with Gasteiger partial charge in [0.1, 0.15) is 5.82 Å². The highest BCUT2D eigenvalue weighted by atomic mass is 19.1. The molecule has 2 rings (SSSR count). The first kappa shape index (κ1) is 20.3. The summed E-state index contributed by atoms with van der Waals surface area (Å²) in [5, 5.41) is 5.17. The van der Waals surface area contributed by atoms with Gasteiger partial charge >= 0.3 is 0 Å². The van der Waals surface area contributed by atoms with Crippen molar-refractivity contribution in [1.82, 2.24) is 10.6 Å². The number of hydrogen-bond donors (Lipinski definition) is 2. The zero-order valence-corrected chi connectivity index (χ0v) is 15.5. The predicted molar refractivity (Wildman–Crippen MR) is 101 cm³/mol. The van der Waals surface area contributed by atoms with Crippen LogP contribution in [0, 0.1) is 19.7 Å². The summed E-state index contributed by atoms with van der Waals surface area (Å²) in [6.07, 6.45) is 0.197. The molecule has 6 heteroatoms. The number of rotatable bonds is 8. The summed E-state index contributed by atoms with van der Waals surface area (Å²) in [6.45, 7) is 4.29. The van der Waals surface area contributed by atoms with Gasteiger partial charge in [0.05, 0.1) is 5.56 Å². The van der Waals surface area contributed by atoms with Gasteiger partial charge in [-0.2, -0.15) is 0 Å². The Morgan fingerprint density at radius 3 is 2.30 bits per heavy atom. The van der Waals surface area contributed by atoms with Gasteiger partial charge in [-0.1, -0.05) is 24.3 Å². The van der Waals surface area contributed by atoms with Crippen LogP contribution in [-0.2, 0) is 4.79 Å². The number of nitrogens with one attached hydrogen (secondary N) is 2. The molecule has 0 atom stereocenters. The van der Waals surface area contributed by atoms with Crippen LogP contribution in [0.5, 0.6) is 0 Å². The van der Waals surface area contributed by atoms with Crippen LogP contribution in [0.1, 0.15) is 44.7 Å². The fourth-order valence-corrected chi connectivity index (χ4v) is 2.49. The molecule has 2 aromatic carbocycles. The second kappa shape index (κ2) is 9.62. The van der Waals surface area contributed by atoms with E-state index in [1.807, 2.05) is 26.0 Å². The number of carbonyl (C=O) groups excluding carboxylic acids is 3. The SMILES string of the molecule is Cc1ccc(C(=O)CCC(=O)NCCNC(=O)c2ccccc2F)cc1C. The molecule has 0 bridgehead atoms. The average molecular weight is 370 g/mol. The lowest BCUT2D eigenvalue weighted by Crippen LogP contribution is -2.35. The summed E-state index contributed by atoms with van der Waals surface area (Å²) in [7, 11) is 0. The van der Waals surface area contributed by atoms with Crippen LogP contribution < -0.4 is 10.6 Å². The molecule has 0 spiro atoms. The number of benzene rings is 2. The molecule has 0 radical (unpaired) electrons. The first-order chi connectivity index (χ1) is 12.9. The van der Waals surface area contributed by atoms with Crippen LogP contribution >= 0.6 is 0 Å². The smallest absolute Gasteiger partial charge is 0.254 e. The van der Waals surface area contributed by atoms with Crippen molar-refractivity contribution in [3.8, 4) is 0 Å². The molecule has 0 aliphatic heterocycles. The molecule has 142 valence electrons. The van der Waals surface area contributed by atoms with Gasteiger partial charge in [0.15, 0.2) is 5.78 Å². The molecule has 0 saturated heterocycles. The van der Waals surface area contributed by atoms with Crippen LogP contribution in [0.25, 0.3) is 0 Å². The maximum Gasteiger partial charge on any atom is 0.254 e. The van der Waals surface area contributed by atoms with Crippen LogP contribution in [0.2, 0.25) is 0 Å². The number of amides is 2. The predicted octanol–water partition coefficient (Wildman–Crippen LogP) is 2.95. The fourth-order valence-electron chi connectivity index (χ4n) is 2.49. The Balaban J connectivity index is 1.69. The molecular formula is C21H23FN2O3. The molecule has 0 fully saturated rings. The largest absolute Gasteiger partial charge is 0.354 e. The Labute approximate surface area is 158 Å². The average Bonchev–Trinajstić information content (AvgIpc) is 2.65.